The Kier molecular flexibility index (Phi) is 5.29. The quantitative estimate of drug-likeness (QED) is 0.638. The van der Waals surface area contributed by atoms with Crippen molar-refractivity contribution in [2.45, 2.75) is 51.6 Å². The van der Waals surface area contributed by atoms with Crippen LogP contribution < -0.4 is 5.19 Å². The van der Waals surface area contributed by atoms with E-state index >= 15 is 4.11 Å². The zero-order chi connectivity index (χ0) is 14.6. The van der Waals surface area contributed by atoms with E-state index in [1.165, 1.54) is 0 Å². The third kappa shape index (κ3) is 3.66. The van der Waals surface area contributed by atoms with Crippen molar-refractivity contribution in [3.8, 4) is 0 Å². The summed E-state index contributed by atoms with van der Waals surface area (Å²) in [7, 11) is -3.02. The average Bonchev–Trinajstić information content (AvgIpc) is 2.35. The Bertz CT molecular complexity index is 436. The Hall–Kier alpha value is -1.16. The van der Waals surface area contributed by atoms with Crippen molar-refractivity contribution in [3.05, 3.63) is 29.8 Å². The van der Waals surface area contributed by atoms with Crippen LogP contribution in [0.3, 0.4) is 0 Å². The molecule has 0 spiro atoms. The van der Waals surface area contributed by atoms with Crippen LogP contribution in [0.1, 0.15) is 39.7 Å². The standard InChI is InChI=1S/C15H23FO2Si/c1-11(2)19(16,12(3)4)14-7-5-6-13(10-14)8-9-15(17)18/h5-7,10-12H,8-9H2,1-4H3,(H,17,18)/i16-1. The minimum absolute atomic E-state index is 0.0159. The number of carbonyl (C=O) groups is 1. The molecule has 1 aromatic carbocycles. The fraction of sp³-hybridized carbons (Fsp3) is 0.533. The van der Waals surface area contributed by atoms with E-state index in [9.17, 15) is 4.79 Å². The van der Waals surface area contributed by atoms with Crippen molar-refractivity contribution in [1.29, 1.82) is 0 Å². The lowest BCUT2D eigenvalue weighted by molar-refractivity contribution is -0.136. The number of carboxylic acid groups (broad SMARTS) is 1. The van der Waals surface area contributed by atoms with Crippen molar-refractivity contribution in [1.82, 2.24) is 0 Å². The summed E-state index contributed by atoms with van der Waals surface area (Å²) >= 11 is 0. The van der Waals surface area contributed by atoms with Crippen molar-refractivity contribution < 1.29 is 14.0 Å². The molecular weight excluding hydrogens is 258 g/mol. The molecule has 0 aliphatic heterocycles. The number of halogens is 1. The molecule has 0 aliphatic carbocycles. The van der Waals surface area contributed by atoms with E-state index in [0.717, 1.165) is 10.8 Å². The maximum atomic E-state index is 15.4. The van der Waals surface area contributed by atoms with Gasteiger partial charge in [-0.3, -0.25) is 4.79 Å². The number of hydrogen-bond donors (Lipinski definition) is 1. The molecule has 1 rings (SSSR count). The Morgan fingerprint density at radius 2 is 1.84 bits per heavy atom. The second kappa shape index (κ2) is 6.33. The van der Waals surface area contributed by atoms with E-state index in [2.05, 4.69) is 0 Å². The van der Waals surface area contributed by atoms with Crippen LogP contribution in [0.5, 0.6) is 0 Å². The van der Waals surface area contributed by atoms with Crippen LogP contribution in [-0.2, 0) is 11.2 Å². The fourth-order valence-corrected chi connectivity index (χ4v) is 5.97. The molecule has 19 heavy (non-hydrogen) atoms. The summed E-state index contributed by atoms with van der Waals surface area (Å²) in [5.74, 6) is -0.818. The molecule has 1 aromatic rings. The molecule has 0 saturated heterocycles. The normalized spacial score (nSPS) is 12.2. The summed E-state index contributed by atoms with van der Waals surface area (Å²) in [5, 5.41) is 9.51. The van der Waals surface area contributed by atoms with E-state index in [0.29, 0.717) is 6.42 Å². The van der Waals surface area contributed by atoms with Gasteiger partial charge < -0.3 is 9.21 Å². The summed E-state index contributed by atoms with van der Waals surface area (Å²) in [4.78, 5) is 10.6. The molecule has 0 aromatic heterocycles. The monoisotopic (exact) mass is 281 g/mol. The molecular formula is C15H23FO2Si. The topological polar surface area (TPSA) is 37.3 Å². The summed E-state index contributed by atoms with van der Waals surface area (Å²) in [5.41, 5.74) is 0.945. The number of benzene rings is 1. The number of aryl methyl sites for hydroxylation is 1. The molecule has 0 radical (unpaired) electrons. The van der Waals surface area contributed by atoms with Crippen molar-refractivity contribution in [3.63, 3.8) is 0 Å². The first-order chi connectivity index (χ1) is 8.78. The van der Waals surface area contributed by atoms with E-state index in [1.807, 2.05) is 52.0 Å². The van der Waals surface area contributed by atoms with Crippen molar-refractivity contribution >= 4 is 19.6 Å². The van der Waals surface area contributed by atoms with Crippen LogP contribution in [0.4, 0.5) is 4.11 Å². The van der Waals surface area contributed by atoms with Gasteiger partial charge in [0.05, 0.1) is 0 Å². The Morgan fingerprint density at radius 1 is 1.26 bits per heavy atom. The first-order valence-electron chi connectivity index (χ1n) is 6.78. The minimum Gasteiger partial charge on any atom is -0.481 e. The number of rotatable bonds is 6. The predicted molar refractivity (Wildman–Crippen MR) is 79.1 cm³/mol. The van der Waals surface area contributed by atoms with Crippen LogP contribution in [0.15, 0.2) is 24.3 Å². The van der Waals surface area contributed by atoms with Gasteiger partial charge >= 0.3 is 5.97 Å². The van der Waals surface area contributed by atoms with Crippen LogP contribution in [-0.4, -0.2) is 19.5 Å². The Balaban J connectivity index is 3.06. The van der Waals surface area contributed by atoms with Gasteiger partial charge in [0, 0.05) is 6.42 Å². The second-order valence-electron chi connectivity index (χ2n) is 5.67. The van der Waals surface area contributed by atoms with Gasteiger partial charge in [0.25, 0.3) is 8.41 Å². The van der Waals surface area contributed by atoms with Crippen LogP contribution in [0.25, 0.3) is 0 Å². The Labute approximate surface area is 115 Å². The molecule has 106 valence electrons. The van der Waals surface area contributed by atoms with Gasteiger partial charge in [0.2, 0.25) is 0 Å². The first kappa shape index (κ1) is 15.9. The summed E-state index contributed by atoms with van der Waals surface area (Å²) in [6, 6.07) is 7.45. The lowest BCUT2D eigenvalue weighted by atomic mass is 10.1. The largest absolute Gasteiger partial charge is 0.481 e. The SMILES string of the molecule is CC(C)[Si]([18F])(c1cccc(CCC(=O)O)c1)C(C)C. The highest BCUT2D eigenvalue weighted by molar-refractivity contribution is 6.88. The maximum absolute atomic E-state index is 15.4. The molecule has 0 unspecified atom stereocenters. The van der Waals surface area contributed by atoms with Crippen molar-refractivity contribution in [2.24, 2.45) is 0 Å². The Morgan fingerprint density at radius 3 is 2.32 bits per heavy atom. The predicted octanol–water partition coefficient (Wildman–Crippen LogP) is 3.65. The van der Waals surface area contributed by atoms with E-state index in [1.54, 1.807) is 0 Å². The highest BCUT2D eigenvalue weighted by Crippen LogP contribution is 2.33. The summed E-state index contributed by atoms with van der Waals surface area (Å²) in [6.07, 6.45) is 0.553. The van der Waals surface area contributed by atoms with Gasteiger partial charge in [0.15, 0.2) is 0 Å². The van der Waals surface area contributed by atoms with Gasteiger partial charge in [-0.25, -0.2) is 0 Å². The van der Waals surface area contributed by atoms with Gasteiger partial charge in [-0.05, 0) is 28.3 Å². The number of aliphatic carboxylic acids is 1. The molecule has 0 saturated carbocycles. The van der Waals surface area contributed by atoms with Gasteiger partial charge in [-0.2, -0.15) is 0 Å². The lowest BCUT2D eigenvalue weighted by Crippen LogP contribution is -2.49. The summed E-state index contributed by atoms with van der Waals surface area (Å²) in [6.45, 7) is 7.76. The van der Waals surface area contributed by atoms with Gasteiger partial charge in [0.1, 0.15) is 0 Å². The van der Waals surface area contributed by atoms with Crippen LogP contribution in [0, 0.1) is 0 Å². The van der Waals surface area contributed by atoms with E-state index in [4.69, 9.17) is 5.11 Å². The van der Waals surface area contributed by atoms with Crippen LogP contribution in [0.2, 0.25) is 11.1 Å². The number of hydrogen-bond acceptors (Lipinski definition) is 1. The highest BCUT2D eigenvalue weighted by atomic mass is 28.4. The van der Waals surface area contributed by atoms with Crippen LogP contribution >= 0.6 is 0 Å². The zero-order valence-electron chi connectivity index (χ0n) is 12.1. The molecule has 0 bridgehead atoms. The molecule has 1 N–H and O–H groups in total. The molecule has 0 atom stereocenters. The third-order valence-electron chi connectivity index (χ3n) is 3.68. The smallest absolute Gasteiger partial charge is 0.303 e. The van der Waals surface area contributed by atoms with Crippen molar-refractivity contribution in [2.75, 3.05) is 0 Å². The number of carboxylic acids is 1. The second-order valence-corrected chi connectivity index (χ2v) is 10.1. The summed E-state index contributed by atoms with van der Waals surface area (Å²) < 4.78 is 15.4. The molecule has 4 heteroatoms. The molecule has 0 heterocycles. The molecule has 2 nitrogen and oxygen atoms in total. The average molecular weight is 281 g/mol. The maximum Gasteiger partial charge on any atom is 0.303 e. The zero-order valence-corrected chi connectivity index (χ0v) is 13.1. The lowest BCUT2D eigenvalue weighted by Gasteiger charge is -2.31. The molecule has 0 fully saturated rings. The third-order valence-corrected chi connectivity index (χ3v) is 8.23. The molecule has 0 aliphatic rings. The minimum atomic E-state index is -3.02. The first-order valence-corrected chi connectivity index (χ1v) is 8.81. The molecule has 0 amide bonds. The van der Waals surface area contributed by atoms with Gasteiger partial charge in [-0.15, -0.1) is 0 Å². The van der Waals surface area contributed by atoms with E-state index < -0.39 is 14.4 Å². The highest BCUT2D eigenvalue weighted by Gasteiger charge is 2.43. The van der Waals surface area contributed by atoms with Gasteiger partial charge in [-0.1, -0.05) is 52.0 Å². The van der Waals surface area contributed by atoms with E-state index in [-0.39, 0.29) is 17.5 Å². The fourth-order valence-electron chi connectivity index (χ4n) is 2.55.